The second kappa shape index (κ2) is 9.43. The van der Waals surface area contributed by atoms with E-state index in [0.29, 0.717) is 24.7 Å². The van der Waals surface area contributed by atoms with Gasteiger partial charge in [0.15, 0.2) is 21.3 Å². The number of carbonyl (C=O) groups is 1. The number of rotatable bonds is 5. The molecule has 1 fully saturated rings. The van der Waals surface area contributed by atoms with Crippen molar-refractivity contribution in [3.8, 4) is 11.5 Å². The highest BCUT2D eigenvalue weighted by molar-refractivity contribution is 7.91. The number of piperidine rings is 1. The highest BCUT2D eigenvalue weighted by Crippen LogP contribution is 2.32. The number of halogens is 1. The quantitative estimate of drug-likeness (QED) is 0.768. The van der Waals surface area contributed by atoms with E-state index in [9.17, 15) is 13.2 Å². The van der Waals surface area contributed by atoms with Gasteiger partial charge >= 0.3 is 0 Å². The van der Waals surface area contributed by atoms with E-state index in [1.54, 1.807) is 6.07 Å². The van der Waals surface area contributed by atoms with Crippen molar-refractivity contribution in [3.05, 3.63) is 18.2 Å². The summed E-state index contributed by atoms with van der Waals surface area (Å²) < 4.78 is 36.1. The Hall–Kier alpha value is -1.51. The first-order chi connectivity index (χ1) is 12.0. The van der Waals surface area contributed by atoms with Gasteiger partial charge in [0.1, 0.15) is 0 Å². The molecule has 0 unspecified atom stereocenters. The summed E-state index contributed by atoms with van der Waals surface area (Å²) in [6.45, 7) is 2.75. The van der Waals surface area contributed by atoms with Crippen LogP contribution in [-0.2, 0) is 14.6 Å². The summed E-state index contributed by atoms with van der Waals surface area (Å²) in [5, 5.41) is 6.10. The number of fused-ring (bicyclic) bond motifs is 1. The van der Waals surface area contributed by atoms with E-state index < -0.39 is 9.84 Å². The summed E-state index contributed by atoms with van der Waals surface area (Å²) in [7, 11) is -3.55. The number of amides is 1. The molecule has 7 nitrogen and oxygen atoms in total. The van der Waals surface area contributed by atoms with Crippen LogP contribution in [0.25, 0.3) is 0 Å². The molecule has 3 rings (SSSR count). The lowest BCUT2D eigenvalue weighted by molar-refractivity contribution is -0.121. The molecule has 0 radical (unpaired) electrons. The fourth-order valence-electron chi connectivity index (χ4n) is 2.96. The largest absolute Gasteiger partial charge is 0.490 e. The molecule has 9 heteroatoms. The number of hydrogen-bond donors (Lipinski definition) is 2. The molecule has 2 aliphatic heterocycles. The Labute approximate surface area is 160 Å². The van der Waals surface area contributed by atoms with Crippen LogP contribution in [0.15, 0.2) is 23.1 Å². The SMILES string of the molecule is Cl.O=C(CCS(=O)(=O)c1ccc2c(c1)OCCCO2)N[C@H]1CCCNC1. The van der Waals surface area contributed by atoms with Gasteiger partial charge in [-0.3, -0.25) is 4.79 Å². The van der Waals surface area contributed by atoms with Crippen LogP contribution in [0.1, 0.15) is 25.7 Å². The summed E-state index contributed by atoms with van der Waals surface area (Å²) in [6.07, 6.45) is 2.65. The Kier molecular flexibility index (Phi) is 7.55. The first kappa shape index (κ1) is 20.8. The van der Waals surface area contributed by atoms with E-state index in [4.69, 9.17) is 9.47 Å². The van der Waals surface area contributed by atoms with Crippen molar-refractivity contribution < 1.29 is 22.7 Å². The van der Waals surface area contributed by atoms with Gasteiger partial charge in [-0.2, -0.15) is 0 Å². The van der Waals surface area contributed by atoms with Gasteiger partial charge in [0.25, 0.3) is 0 Å². The maximum atomic E-state index is 12.5. The van der Waals surface area contributed by atoms with Gasteiger partial charge in [-0.15, -0.1) is 12.4 Å². The lowest BCUT2D eigenvalue weighted by Crippen LogP contribution is -2.45. The van der Waals surface area contributed by atoms with Gasteiger partial charge in [0.2, 0.25) is 5.91 Å². The molecule has 1 saturated heterocycles. The van der Waals surface area contributed by atoms with Crippen LogP contribution in [0.3, 0.4) is 0 Å². The number of benzene rings is 1. The third-order valence-corrected chi connectivity index (χ3v) is 6.05. The van der Waals surface area contributed by atoms with E-state index in [0.717, 1.165) is 32.4 Å². The fourth-order valence-corrected chi connectivity index (χ4v) is 4.21. The molecule has 2 N–H and O–H groups in total. The molecule has 1 aromatic carbocycles. The van der Waals surface area contributed by atoms with E-state index >= 15 is 0 Å². The topological polar surface area (TPSA) is 93.7 Å². The Morgan fingerprint density at radius 3 is 2.69 bits per heavy atom. The predicted molar refractivity (Wildman–Crippen MR) is 100 cm³/mol. The lowest BCUT2D eigenvalue weighted by atomic mass is 10.1. The van der Waals surface area contributed by atoms with Crippen molar-refractivity contribution in [1.82, 2.24) is 10.6 Å². The molecule has 0 aromatic heterocycles. The van der Waals surface area contributed by atoms with E-state index in [-0.39, 0.29) is 41.4 Å². The Balaban J connectivity index is 0.00000243. The third-order valence-electron chi connectivity index (χ3n) is 4.34. The van der Waals surface area contributed by atoms with Crippen LogP contribution in [-0.4, -0.2) is 52.4 Å². The van der Waals surface area contributed by atoms with Crippen LogP contribution < -0.4 is 20.1 Å². The van der Waals surface area contributed by atoms with Crippen LogP contribution in [0.5, 0.6) is 11.5 Å². The minimum absolute atomic E-state index is 0. The second-order valence-electron chi connectivity index (χ2n) is 6.34. The van der Waals surface area contributed by atoms with Crippen molar-refractivity contribution in [1.29, 1.82) is 0 Å². The van der Waals surface area contributed by atoms with Crippen LogP contribution >= 0.6 is 12.4 Å². The molecule has 0 saturated carbocycles. The molecule has 26 heavy (non-hydrogen) atoms. The monoisotopic (exact) mass is 404 g/mol. The molecule has 0 spiro atoms. The normalized spacial score (nSPS) is 19.8. The molecule has 1 aromatic rings. The Morgan fingerprint density at radius 2 is 1.96 bits per heavy atom. The van der Waals surface area contributed by atoms with Crippen LogP contribution in [0.4, 0.5) is 0 Å². The van der Waals surface area contributed by atoms with Crippen molar-refractivity contribution in [3.63, 3.8) is 0 Å². The minimum Gasteiger partial charge on any atom is -0.490 e. The number of ether oxygens (including phenoxy) is 2. The van der Waals surface area contributed by atoms with E-state index in [2.05, 4.69) is 10.6 Å². The Bertz CT molecular complexity index is 720. The van der Waals surface area contributed by atoms with Gasteiger partial charge in [0, 0.05) is 31.5 Å². The smallest absolute Gasteiger partial charge is 0.221 e. The molecule has 0 aliphatic carbocycles. The zero-order valence-electron chi connectivity index (χ0n) is 14.5. The maximum absolute atomic E-state index is 12.5. The highest BCUT2D eigenvalue weighted by atomic mass is 35.5. The van der Waals surface area contributed by atoms with E-state index in [1.165, 1.54) is 12.1 Å². The lowest BCUT2D eigenvalue weighted by Gasteiger charge is -2.23. The summed E-state index contributed by atoms with van der Waals surface area (Å²) in [5.41, 5.74) is 0. The van der Waals surface area contributed by atoms with Crippen LogP contribution in [0.2, 0.25) is 0 Å². The highest BCUT2D eigenvalue weighted by Gasteiger charge is 2.21. The first-order valence-electron chi connectivity index (χ1n) is 8.67. The standard InChI is InChI=1S/C17H24N2O5S.ClH/c20-17(19-13-3-1-7-18-12-13)6-10-25(21,22)14-4-5-15-16(11-14)24-9-2-8-23-15;/h4-5,11,13,18H,1-3,6-10,12H2,(H,19,20);1H/t13-;/m0./s1. The zero-order chi connectivity index (χ0) is 17.7. The molecular formula is C17H25ClN2O5S. The molecule has 2 aliphatic rings. The average molecular weight is 405 g/mol. The van der Waals surface area contributed by atoms with Gasteiger partial charge in [0.05, 0.1) is 23.9 Å². The number of carbonyl (C=O) groups excluding carboxylic acids is 1. The zero-order valence-corrected chi connectivity index (χ0v) is 16.2. The van der Waals surface area contributed by atoms with Gasteiger partial charge in [-0.25, -0.2) is 8.42 Å². The number of sulfone groups is 1. The summed E-state index contributed by atoms with van der Waals surface area (Å²) in [6, 6.07) is 4.69. The molecule has 1 atom stereocenters. The Morgan fingerprint density at radius 1 is 1.19 bits per heavy atom. The molecule has 0 bridgehead atoms. The van der Waals surface area contributed by atoms with Crippen molar-refractivity contribution in [2.75, 3.05) is 32.1 Å². The average Bonchev–Trinajstić information content (AvgIpc) is 2.86. The second-order valence-corrected chi connectivity index (χ2v) is 8.45. The fraction of sp³-hybridized carbons (Fsp3) is 0.588. The van der Waals surface area contributed by atoms with Gasteiger partial charge in [-0.05, 0) is 31.5 Å². The molecular weight excluding hydrogens is 380 g/mol. The summed E-state index contributed by atoms with van der Waals surface area (Å²) in [5.74, 6) is 0.542. The van der Waals surface area contributed by atoms with E-state index in [1.807, 2.05) is 0 Å². The molecule has 146 valence electrons. The summed E-state index contributed by atoms with van der Waals surface area (Å²) in [4.78, 5) is 12.2. The van der Waals surface area contributed by atoms with Crippen molar-refractivity contribution >= 4 is 28.2 Å². The number of nitrogens with one attached hydrogen (secondary N) is 2. The molecule has 1 amide bonds. The maximum Gasteiger partial charge on any atom is 0.221 e. The third kappa shape index (κ3) is 5.49. The number of hydrogen-bond acceptors (Lipinski definition) is 6. The van der Waals surface area contributed by atoms with Gasteiger partial charge in [-0.1, -0.05) is 0 Å². The minimum atomic E-state index is -3.55. The van der Waals surface area contributed by atoms with Crippen LogP contribution in [0, 0.1) is 0 Å². The van der Waals surface area contributed by atoms with Gasteiger partial charge < -0.3 is 20.1 Å². The summed E-state index contributed by atoms with van der Waals surface area (Å²) >= 11 is 0. The predicted octanol–water partition coefficient (Wildman–Crippen LogP) is 1.30. The van der Waals surface area contributed by atoms with Crippen molar-refractivity contribution in [2.24, 2.45) is 0 Å². The molecule has 2 heterocycles. The van der Waals surface area contributed by atoms with Crippen molar-refractivity contribution in [2.45, 2.75) is 36.6 Å². The first-order valence-corrected chi connectivity index (χ1v) is 10.3.